The lowest BCUT2D eigenvalue weighted by Crippen LogP contribution is -1.97. The number of ether oxygens (including phenoxy) is 1. The van der Waals surface area contributed by atoms with Crippen LogP contribution in [-0.2, 0) is 6.61 Å². The quantitative estimate of drug-likeness (QED) is 0.688. The minimum absolute atomic E-state index is 0.0959. The minimum atomic E-state index is -1.04. The van der Waals surface area contributed by atoms with Gasteiger partial charge in [-0.25, -0.2) is 4.79 Å². The predicted molar refractivity (Wildman–Crippen MR) is 94.6 cm³/mol. The topological polar surface area (TPSA) is 46.5 Å². The maximum absolute atomic E-state index is 11.2. The van der Waals surface area contributed by atoms with Gasteiger partial charge in [0.25, 0.3) is 0 Å². The molecule has 3 aromatic carbocycles. The number of benzene rings is 3. The van der Waals surface area contributed by atoms with Crippen LogP contribution < -0.4 is 4.74 Å². The molecule has 0 unspecified atom stereocenters. The summed E-state index contributed by atoms with van der Waals surface area (Å²) < 4.78 is 5.75. The number of aromatic carboxylic acids is 1. The monoisotopic (exact) mass is 338 g/mol. The molecule has 0 radical (unpaired) electrons. The second-order valence-electron chi connectivity index (χ2n) is 5.30. The van der Waals surface area contributed by atoms with Crippen molar-refractivity contribution < 1.29 is 14.6 Å². The van der Waals surface area contributed by atoms with Gasteiger partial charge in [-0.1, -0.05) is 60.1 Å². The predicted octanol–water partition coefficient (Wildman–Crippen LogP) is 5.28. The summed E-state index contributed by atoms with van der Waals surface area (Å²) in [7, 11) is 0. The van der Waals surface area contributed by atoms with E-state index in [1.165, 1.54) is 0 Å². The maximum Gasteiger partial charge on any atom is 0.337 e. The molecular formula is C20H15ClO3. The van der Waals surface area contributed by atoms with E-state index in [1.54, 1.807) is 18.2 Å². The molecule has 3 nitrogen and oxygen atoms in total. The Bertz CT molecular complexity index is 843. The van der Waals surface area contributed by atoms with Crippen LogP contribution in [0, 0.1) is 0 Å². The molecule has 0 atom stereocenters. The minimum Gasteiger partial charge on any atom is -0.489 e. The third-order valence-electron chi connectivity index (χ3n) is 3.63. The van der Waals surface area contributed by atoms with E-state index < -0.39 is 5.97 Å². The van der Waals surface area contributed by atoms with Gasteiger partial charge in [0.1, 0.15) is 12.4 Å². The lowest BCUT2D eigenvalue weighted by molar-refractivity contribution is 0.0697. The first-order valence-electron chi connectivity index (χ1n) is 7.43. The number of carboxylic acid groups (broad SMARTS) is 1. The lowest BCUT2D eigenvalue weighted by Gasteiger charge is -2.08. The van der Waals surface area contributed by atoms with Gasteiger partial charge in [-0.15, -0.1) is 0 Å². The van der Waals surface area contributed by atoms with Crippen LogP contribution in [0.25, 0.3) is 11.1 Å². The lowest BCUT2D eigenvalue weighted by atomic mass is 10.0. The molecule has 0 heterocycles. The molecule has 0 fully saturated rings. The number of hydrogen-bond donors (Lipinski definition) is 1. The van der Waals surface area contributed by atoms with E-state index in [4.69, 9.17) is 21.4 Å². The van der Waals surface area contributed by atoms with E-state index in [1.807, 2.05) is 54.6 Å². The maximum atomic E-state index is 11.2. The molecule has 0 saturated heterocycles. The van der Waals surface area contributed by atoms with Crippen molar-refractivity contribution in [3.63, 3.8) is 0 Å². The van der Waals surface area contributed by atoms with Crippen molar-refractivity contribution in [1.29, 1.82) is 0 Å². The van der Waals surface area contributed by atoms with E-state index in [0.717, 1.165) is 22.4 Å². The van der Waals surface area contributed by atoms with Crippen molar-refractivity contribution in [3.05, 3.63) is 88.9 Å². The average molecular weight is 339 g/mol. The second-order valence-corrected chi connectivity index (χ2v) is 5.71. The molecule has 120 valence electrons. The van der Waals surface area contributed by atoms with Gasteiger partial charge in [0, 0.05) is 0 Å². The number of rotatable bonds is 5. The zero-order chi connectivity index (χ0) is 16.9. The van der Waals surface area contributed by atoms with Crippen LogP contribution in [0.5, 0.6) is 5.75 Å². The first-order valence-corrected chi connectivity index (χ1v) is 7.81. The molecule has 0 bridgehead atoms. The molecule has 0 aliphatic heterocycles. The first kappa shape index (κ1) is 16.1. The molecule has 0 aliphatic carbocycles. The summed E-state index contributed by atoms with van der Waals surface area (Å²) in [6, 6.07) is 22.4. The summed E-state index contributed by atoms with van der Waals surface area (Å²) in [5.41, 5.74) is 2.90. The molecule has 24 heavy (non-hydrogen) atoms. The summed E-state index contributed by atoms with van der Waals surface area (Å²) in [6.45, 7) is 0.504. The molecule has 1 N–H and O–H groups in total. The molecule has 3 rings (SSSR count). The van der Waals surface area contributed by atoms with Crippen LogP contribution in [0.3, 0.4) is 0 Å². The van der Waals surface area contributed by atoms with Crippen molar-refractivity contribution in [1.82, 2.24) is 0 Å². The Hall–Kier alpha value is -2.78. The average Bonchev–Trinajstić information content (AvgIpc) is 2.61. The highest BCUT2D eigenvalue weighted by Crippen LogP contribution is 2.27. The zero-order valence-electron chi connectivity index (χ0n) is 12.8. The highest BCUT2D eigenvalue weighted by molar-refractivity contribution is 6.33. The van der Waals surface area contributed by atoms with Crippen LogP contribution in [0.15, 0.2) is 72.8 Å². The van der Waals surface area contributed by atoms with Crippen molar-refractivity contribution in [3.8, 4) is 16.9 Å². The summed E-state index contributed by atoms with van der Waals surface area (Å²) in [6.07, 6.45) is 0. The van der Waals surface area contributed by atoms with E-state index >= 15 is 0 Å². The number of hydrogen-bond acceptors (Lipinski definition) is 2. The van der Waals surface area contributed by atoms with Crippen molar-refractivity contribution in [2.24, 2.45) is 0 Å². The van der Waals surface area contributed by atoms with Gasteiger partial charge in [-0.2, -0.15) is 0 Å². The summed E-state index contributed by atoms with van der Waals surface area (Å²) in [4.78, 5) is 11.2. The number of halogens is 1. The van der Waals surface area contributed by atoms with Crippen molar-refractivity contribution in [2.45, 2.75) is 6.61 Å². The van der Waals surface area contributed by atoms with Crippen LogP contribution in [0.4, 0.5) is 0 Å². The zero-order valence-corrected chi connectivity index (χ0v) is 13.5. The summed E-state index contributed by atoms with van der Waals surface area (Å²) in [5, 5.41) is 9.39. The van der Waals surface area contributed by atoms with Gasteiger partial charge < -0.3 is 9.84 Å². The highest BCUT2D eigenvalue weighted by atomic mass is 35.5. The van der Waals surface area contributed by atoms with Gasteiger partial charge in [-0.3, -0.25) is 0 Å². The smallest absolute Gasteiger partial charge is 0.337 e. The SMILES string of the molecule is O=C(O)c1cc(-c2ccc(OCc3ccccc3)cc2)ccc1Cl. The van der Waals surface area contributed by atoms with Crippen LogP contribution in [-0.4, -0.2) is 11.1 Å². The van der Waals surface area contributed by atoms with Gasteiger partial charge in [-0.05, 0) is 41.0 Å². The van der Waals surface area contributed by atoms with E-state index in [9.17, 15) is 4.79 Å². The molecule has 0 aliphatic rings. The third kappa shape index (κ3) is 3.76. The fourth-order valence-electron chi connectivity index (χ4n) is 2.35. The van der Waals surface area contributed by atoms with E-state index in [-0.39, 0.29) is 10.6 Å². The largest absolute Gasteiger partial charge is 0.489 e. The Morgan fingerprint density at radius 2 is 1.58 bits per heavy atom. The Kier molecular flexibility index (Phi) is 4.82. The van der Waals surface area contributed by atoms with Gasteiger partial charge in [0.2, 0.25) is 0 Å². The first-order chi connectivity index (χ1) is 11.6. The Balaban J connectivity index is 1.75. The molecule has 0 aromatic heterocycles. The molecule has 4 heteroatoms. The van der Waals surface area contributed by atoms with Crippen LogP contribution in [0.2, 0.25) is 5.02 Å². The normalized spacial score (nSPS) is 10.4. The highest BCUT2D eigenvalue weighted by Gasteiger charge is 2.10. The fourth-order valence-corrected chi connectivity index (χ4v) is 2.55. The van der Waals surface area contributed by atoms with E-state index in [2.05, 4.69) is 0 Å². The molecule has 0 amide bonds. The van der Waals surface area contributed by atoms with Crippen LogP contribution in [0.1, 0.15) is 15.9 Å². The Morgan fingerprint density at radius 1 is 0.917 bits per heavy atom. The van der Waals surface area contributed by atoms with Gasteiger partial charge >= 0.3 is 5.97 Å². The number of carbonyl (C=O) groups is 1. The second kappa shape index (κ2) is 7.20. The Morgan fingerprint density at radius 3 is 2.25 bits per heavy atom. The van der Waals surface area contributed by atoms with Gasteiger partial charge in [0.05, 0.1) is 10.6 Å². The summed E-state index contributed by atoms with van der Waals surface area (Å²) in [5.74, 6) is -0.278. The third-order valence-corrected chi connectivity index (χ3v) is 3.96. The Labute approximate surface area is 145 Å². The van der Waals surface area contributed by atoms with Crippen molar-refractivity contribution >= 4 is 17.6 Å². The molecule has 0 spiro atoms. The van der Waals surface area contributed by atoms with E-state index in [0.29, 0.717) is 6.61 Å². The fraction of sp³-hybridized carbons (Fsp3) is 0.0500. The van der Waals surface area contributed by atoms with Crippen LogP contribution >= 0.6 is 11.6 Å². The number of carboxylic acids is 1. The summed E-state index contributed by atoms with van der Waals surface area (Å²) >= 11 is 5.90. The molecule has 0 saturated carbocycles. The van der Waals surface area contributed by atoms with Gasteiger partial charge in [0.15, 0.2) is 0 Å². The molecule has 3 aromatic rings. The standard InChI is InChI=1S/C20H15ClO3/c21-19-11-8-16(12-18(19)20(22)23)15-6-9-17(10-7-15)24-13-14-4-2-1-3-5-14/h1-12H,13H2,(H,22,23). The molecular weight excluding hydrogens is 324 g/mol. The van der Waals surface area contributed by atoms with Crippen molar-refractivity contribution in [2.75, 3.05) is 0 Å².